The van der Waals surface area contributed by atoms with Gasteiger partial charge in [-0.05, 0) is 50.4 Å². The van der Waals surface area contributed by atoms with Crippen LogP contribution in [-0.4, -0.2) is 84.8 Å². The van der Waals surface area contributed by atoms with E-state index in [1.54, 1.807) is 0 Å². The molecule has 1 aliphatic rings. The molecule has 1 atom stereocenters. The third kappa shape index (κ3) is 7.57. The molecule has 5 N–H and O–H groups in total. The Morgan fingerprint density at radius 2 is 2.05 bits per heavy atom. The second kappa shape index (κ2) is 13.1. The van der Waals surface area contributed by atoms with Gasteiger partial charge in [-0.2, -0.15) is 4.98 Å². The molecule has 2 heterocycles. The monoisotopic (exact) mass is 538 g/mol. The molecule has 0 bridgehead atoms. The van der Waals surface area contributed by atoms with Gasteiger partial charge in [-0.15, -0.1) is 0 Å². The van der Waals surface area contributed by atoms with E-state index in [9.17, 15) is 22.7 Å². The Labute approximate surface area is 216 Å². The van der Waals surface area contributed by atoms with Crippen molar-refractivity contribution in [2.24, 2.45) is 0 Å². The maximum Gasteiger partial charge on any atom is 0.224 e. The van der Waals surface area contributed by atoms with E-state index < -0.39 is 21.6 Å². The molecule has 11 nitrogen and oxygen atoms in total. The van der Waals surface area contributed by atoms with Gasteiger partial charge in [0.2, 0.25) is 21.8 Å². The smallest absolute Gasteiger partial charge is 0.224 e. The van der Waals surface area contributed by atoms with Crippen LogP contribution in [0.5, 0.6) is 5.75 Å². The molecule has 37 heavy (non-hydrogen) atoms. The van der Waals surface area contributed by atoms with Gasteiger partial charge in [0.05, 0.1) is 30.6 Å². The van der Waals surface area contributed by atoms with Crippen molar-refractivity contribution in [1.29, 1.82) is 0 Å². The lowest BCUT2D eigenvalue weighted by atomic mass is 10.0. The van der Waals surface area contributed by atoms with E-state index >= 15 is 0 Å². The molecule has 204 valence electrons. The van der Waals surface area contributed by atoms with Crippen molar-refractivity contribution < 1.29 is 27.4 Å². The fourth-order valence-corrected chi connectivity index (χ4v) is 5.67. The van der Waals surface area contributed by atoms with E-state index in [0.29, 0.717) is 38.9 Å². The highest BCUT2D eigenvalue weighted by Gasteiger charge is 2.28. The summed E-state index contributed by atoms with van der Waals surface area (Å²) in [5.74, 6) is -0.725. The molecule has 3 rings (SSSR count). The number of piperidine rings is 1. The highest BCUT2D eigenvalue weighted by molar-refractivity contribution is 7.89. The van der Waals surface area contributed by atoms with Crippen LogP contribution >= 0.6 is 0 Å². The van der Waals surface area contributed by atoms with Crippen LogP contribution in [0.1, 0.15) is 48.5 Å². The number of nitrogens with one attached hydrogen (secondary N) is 2. The average Bonchev–Trinajstić information content (AvgIpc) is 2.89. The zero-order valence-corrected chi connectivity index (χ0v) is 21.9. The number of aliphatic hydroxyl groups is 1. The largest absolute Gasteiger partial charge is 0.496 e. The number of anilines is 2. The van der Waals surface area contributed by atoms with Crippen molar-refractivity contribution in [3.8, 4) is 5.75 Å². The summed E-state index contributed by atoms with van der Waals surface area (Å²) in [6.07, 6.45) is 3.65. The summed E-state index contributed by atoms with van der Waals surface area (Å²) < 4.78 is 45.7. The summed E-state index contributed by atoms with van der Waals surface area (Å²) in [5.41, 5.74) is 6.05. The minimum atomic E-state index is -3.37. The molecule has 1 aromatic carbocycles. The molecular weight excluding hydrogens is 503 g/mol. The first kappa shape index (κ1) is 28.7. The van der Waals surface area contributed by atoms with Gasteiger partial charge in [-0.3, -0.25) is 4.79 Å². The number of nitrogens with zero attached hydrogens (tertiary/aromatic N) is 3. The molecule has 0 aliphatic carbocycles. The number of halogens is 1. The minimum absolute atomic E-state index is 0.0152. The molecule has 13 heteroatoms. The molecule has 0 unspecified atom stereocenters. The number of methoxy groups -OCH3 is 1. The molecular formula is C24H35FN6O5S. The molecule has 0 radical (unpaired) electrons. The van der Waals surface area contributed by atoms with Crippen molar-refractivity contribution in [3.63, 3.8) is 0 Å². The number of carbonyl (C=O) groups excluding carboxylic acids is 1. The van der Waals surface area contributed by atoms with Crippen molar-refractivity contribution in [3.05, 3.63) is 41.3 Å². The van der Waals surface area contributed by atoms with E-state index in [1.807, 2.05) is 6.92 Å². The molecule has 0 amide bonds. The number of hydrogen-bond acceptors (Lipinski definition) is 10. The van der Waals surface area contributed by atoms with Gasteiger partial charge in [0.15, 0.2) is 0 Å². The maximum absolute atomic E-state index is 13.7. The fraction of sp³-hybridized carbons (Fsp3) is 0.542. The number of nitrogens with two attached hydrogens (primary N) is 1. The minimum Gasteiger partial charge on any atom is -0.496 e. The molecule has 1 aliphatic heterocycles. The molecule has 2 aromatic rings. The lowest BCUT2D eigenvalue weighted by Crippen LogP contribution is -2.44. The van der Waals surface area contributed by atoms with Crippen molar-refractivity contribution >= 4 is 27.6 Å². The molecule has 1 saturated heterocycles. The van der Waals surface area contributed by atoms with Gasteiger partial charge in [0.25, 0.3) is 0 Å². The summed E-state index contributed by atoms with van der Waals surface area (Å²) in [4.78, 5) is 21.3. The van der Waals surface area contributed by atoms with Gasteiger partial charge in [-0.1, -0.05) is 6.92 Å². The fourth-order valence-electron chi connectivity index (χ4n) is 4.13. The molecule has 1 aromatic heterocycles. The van der Waals surface area contributed by atoms with Crippen LogP contribution in [0.25, 0.3) is 0 Å². The predicted octanol–water partition coefficient (Wildman–Crippen LogP) is 1.39. The zero-order valence-electron chi connectivity index (χ0n) is 21.1. The van der Waals surface area contributed by atoms with Crippen LogP contribution < -0.4 is 21.1 Å². The summed E-state index contributed by atoms with van der Waals surface area (Å²) in [7, 11) is -1.99. The predicted molar refractivity (Wildman–Crippen MR) is 139 cm³/mol. The molecule has 0 spiro atoms. The lowest BCUT2D eigenvalue weighted by Gasteiger charge is -2.31. The topological polar surface area (TPSA) is 160 Å². The lowest BCUT2D eigenvalue weighted by molar-refractivity contribution is 0.103. The van der Waals surface area contributed by atoms with E-state index in [2.05, 4.69) is 20.6 Å². The second-order valence-electron chi connectivity index (χ2n) is 8.90. The number of hydrogen-bond donors (Lipinski definition) is 4. The molecule has 1 fully saturated rings. The van der Waals surface area contributed by atoms with Gasteiger partial charge >= 0.3 is 0 Å². The number of ether oxygens (including phenoxy) is 1. The Kier molecular flexibility index (Phi) is 10.1. The standard InChI is InChI=1S/C24H35FN6O5S/c1-3-17(15-32)27-9-4-12-37(34,35)31-10-7-18(8-11-31)29-24-28-14-20(23(26)30-24)22(33)19-13-16(25)5-6-21(19)36-2/h5-6,13-14,17-18,27,32H,3-4,7-12,15H2,1-2H3,(H3,26,28,29,30)/t17-/m0/s1. The number of sulfonamides is 1. The number of rotatable bonds is 13. The van der Waals surface area contributed by atoms with E-state index in [-0.39, 0.29) is 53.1 Å². The highest BCUT2D eigenvalue weighted by Crippen LogP contribution is 2.25. The third-order valence-corrected chi connectivity index (χ3v) is 8.33. The zero-order chi connectivity index (χ0) is 27.0. The second-order valence-corrected chi connectivity index (χ2v) is 11.0. The Bertz CT molecular complexity index is 1170. The maximum atomic E-state index is 13.7. The Balaban J connectivity index is 1.54. The van der Waals surface area contributed by atoms with Crippen LogP contribution in [0.15, 0.2) is 24.4 Å². The number of ketones is 1. The van der Waals surface area contributed by atoms with Gasteiger partial charge in [0.1, 0.15) is 17.4 Å². The third-order valence-electron chi connectivity index (χ3n) is 6.37. The normalized spacial score (nSPS) is 15.9. The number of carbonyl (C=O) groups is 1. The van der Waals surface area contributed by atoms with Crippen LogP contribution in [0, 0.1) is 5.82 Å². The Morgan fingerprint density at radius 1 is 1.32 bits per heavy atom. The number of nitrogen functional groups attached to an aromatic ring is 1. The van der Waals surface area contributed by atoms with E-state index in [1.165, 1.54) is 29.7 Å². The number of benzene rings is 1. The van der Waals surface area contributed by atoms with Gasteiger partial charge in [0, 0.05) is 31.4 Å². The SMILES string of the molecule is CC[C@@H](CO)NCCCS(=O)(=O)N1CCC(Nc2ncc(C(=O)c3cc(F)ccc3OC)c(N)n2)CC1. The van der Waals surface area contributed by atoms with Crippen molar-refractivity contribution in [2.45, 2.75) is 44.7 Å². The first-order chi connectivity index (χ1) is 17.7. The quantitative estimate of drug-likeness (QED) is 0.217. The van der Waals surface area contributed by atoms with Gasteiger partial charge < -0.3 is 26.2 Å². The van der Waals surface area contributed by atoms with Crippen LogP contribution in [0.4, 0.5) is 16.2 Å². The first-order valence-corrected chi connectivity index (χ1v) is 13.9. The van der Waals surface area contributed by atoms with Gasteiger partial charge in [-0.25, -0.2) is 22.1 Å². The highest BCUT2D eigenvalue weighted by atomic mass is 32.2. The summed E-state index contributed by atoms with van der Waals surface area (Å²) in [6.45, 7) is 3.25. The number of aromatic nitrogens is 2. The van der Waals surface area contributed by atoms with Crippen molar-refractivity contribution in [1.82, 2.24) is 19.6 Å². The van der Waals surface area contributed by atoms with E-state index in [0.717, 1.165) is 12.5 Å². The van der Waals surface area contributed by atoms with E-state index in [4.69, 9.17) is 10.5 Å². The Hall–Kier alpha value is -2.87. The average molecular weight is 539 g/mol. The van der Waals surface area contributed by atoms with Crippen LogP contribution in [0.2, 0.25) is 0 Å². The number of aliphatic hydroxyl groups excluding tert-OH is 1. The Morgan fingerprint density at radius 3 is 2.68 bits per heavy atom. The summed E-state index contributed by atoms with van der Waals surface area (Å²) in [5, 5.41) is 15.5. The molecule has 0 saturated carbocycles. The first-order valence-electron chi connectivity index (χ1n) is 12.3. The van der Waals surface area contributed by atoms with Crippen LogP contribution in [-0.2, 0) is 10.0 Å². The van der Waals surface area contributed by atoms with Crippen LogP contribution in [0.3, 0.4) is 0 Å². The summed E-state index contributed by atoms with van der Waals surface area (Å²) >= 11 is 0. The summed E-state index contributed by atoms with van der Waals surface area (Å²) in [6, 6.07) is 3.54. The van der Waals surface area contributed by atoms with Crippen molar-refractivity contribution in [2.75, 3.05) is 50.2 Å².